The van der Waals surface area contributed by atoms with Gasteiger partial charge in [0.2, 0.25) is 0 Å². The van der Waals surface area contributed by atoms with Gasteiger partial charge in [0.25, 0.3) is 11.1 Å². The van der Waals surface area contributed by atoms with E-state index in [4.69, 9.17) is 4.74 Å². The maximum atomic E-state index is 12.7. The van der Waals surface area contributed by atoms with E-state index in [0.29, 0.717) is 15.9 Å². The van der Waals surface area contributed by atoms with Crippen LogP contribution in [-0.2, 0) is 0 Å². The average Bonchev–Trinajstić information content (AvgIpc) is 3.30. The van der Waals surface area contributed by atoms with E-state index in [9.17, 15) is 4.79 Å². The van der Waals surface area contributed by atoms with Gasteiger partial charge in [-0.1, -0.05) is 53.0 Å². The van der Waals surface area contributed by atoms with Crippen molar-refractivity contribution in [2.24, 2.45) is 0 Å². The van der Waals surface area contributed by atoms with Gasteiger partial charge in [0.1, 0.15) is 0 Å². The predicted molar refractivity (Wildman–Crippen MR) is 111 cm³/mol. The number of aromatic nitrogens is 2. The van der Waals surface area contributed by atoms with Crippen molar-refractivity contribution in [2.45, 2.75) is 0 Å². The standard InChI is InChI=1S/C20H13N3O2S2/c1-25-20-22-15-9-8-14-16(17(15)27-20)26-19(21-14)23-18(24)13-7-6-11-4-2-3-5-12(11)10-13/h2-10H,1H3,(H,21,23,24). The smallest absolute Gasteiger partial charge is 0.274 e. The second kappa shape index (κ2) is 6.29. The van der Waals surface area contributed by atoms with Crippen LogP contribution in [0.3, 0.4) is 0 Å². The summed E-state index contributed by atoms with van der Waals surface area (Å²) in [6.45, 7) is 0. The molecule has 0 bridgehead atoms. The molecule has 1 amide bonds. The molecule has 1 N–H and O–H groups in total. The largest absolute Gasteiger partial charge is 0.473 e. The van der Waals surface area contributed by atoms with Crippen LogP contribution in [0.2, 0.25) is 0 Å². The van der Waals surface area contributed by atoms with Crippen LogP contribution in [0.15, 0.2) is 54.6 Å². The molecular weight excluding hydrogens is 378 g/mol. The Balaban J connectivity index is 1.50. The van der Waals surface area contributed by atoms with Gasteiger partial charge < -0.3 is 4.74 Å². The number of fused-ring (bicyclic) bond motifs is 4. The number of benzene rings is 3. The minimum absolute atomic E-state index is 0.169. The molecule has 27 heavy (non-hydrogen) atoms. The Morgan fingerprint density at radius 2 is 1.67 bits per heavy atom. The van der Waals surface area contributed by atoms with Crippen LogP contribution in [0.1, 0.15) is 10.4 Å². The van der Waals surface area contributed by atoms with E-state index in [1.807, 2.05) is 54.6 Å². The number of nitrogens with zero attached hydrogens (tertiary/aromatic N) is 2. The molecule has 5 aromatic rings. The van der Waals surface area contributed by atoms with Gasteiger partial charge in [-0.15, -0.1) is 0 Å². The Morgan fingerprint density at radius 3 is 2.48 bits per heavy atom. The molecule has 0 aliphatic rings. The lowest BCUT2D eigenvalue weighted by molar-refractivity contribution is 0.102. The minimum Gasteiger partial charge on any atom is -0.473 e. The van der Waals surface area contributed by atoms with Crippen LogP contribution in [0, 0.1) is 0 Å². The van der Waals surface area contributed by atoms with Gasteiger partial charge in [-0.2, -0.15) is 0 Å². The van der Waals surface area contributed by atoms with Crippen molar-refractivity contribution in [1.29, 1.82) is 0 Å². The molecule has 0 aliphatic carbocycles. The molecule has 0 saturated carbocycles. The maximum Gasteiger partial charge on any atom is 0.274 e. The lowest BCUT2D eigenvalue weighted by atomic mass is 10.1. The fourth-order valence-electron chi connectivity index (χ4n) is 2.99. The molecule has 2 heterocycles. The van der Waals surface area contributed by atoms with Crippen LogP contribution in [0.5, 0.6) is 5.19 Å². The summed E-state index contributed by atoms with van der Waals surface area (Å²) >= 11 is 2.93. The molecule has 0 unspecified atom stereocenters. The van der Waals surface area contributed by atoms with Crippen molar-refractivity contribution in [3.05, 3.63) is 60.2 Å². The van der Waals surface area contributed by atoms with Crippen LogP contribution in [0.25, 0.3) is 31.2 Å². The van der Waals surface area contributed by atoms with E-state index in [1.165, 1.54) is 22.7 Å². The summed E-state index contributed by atoms with van der Waals surface area (Å²) in [6, 6.07) is 17.5. The molecule has 0 aliphatic heterocycles. The number of hydrogen-bond donors (Lipinski definition) is 1. The summed E-state index contributed by atoms with van der Waals surface area (Å²) < 4.78 is 7.26. The summed E-state index contributed by atoms with van der Waals surface area (Å²) in [7, 11) is 1.61. The van der Waals surface area contributed by atoms with Crippen molar-refractivity contribution in [3.63, 3.8) is 0 Å². The third kappa shape index (κ3) is 2.81. The molecule has 5 nitrogen and oxygen atoms in total. The highest BCUT2D eigenvalue weighted by molar-refractivity contribution is 7.29. The lowest BCUT2D eigenvalue weighted by Crippen LogP contribution is -2.11. The normalized spacial score (nSPS) is 11.3. The fourth-order valence-corrected chi connectivity index (χ4v) is 4.96. The summed E-state index contributed by atoms with van der Waals surface area (Å²) in [4.78, 5) is 21.6. The third-order valence-electron chi connectivity index (χ3n) is 4.30. The van der Waals surface area contributed by atoms with Crippen LogP contribution in [0.4, 0.5) is 5.13 Å². The van der Waals surface area contributed by atoms with E-state index >= 15 is 0 Å². The summed E-state index contributed by atoms with van der Waals surface area (Å²) in [5, 5.41) is 6.25. The van der Waals surface area contributed by atoms with Gasteiger partial charge in [-0.05, 0) is 35.0 Å². The first kappa shape index (κ1) is 16.2. The zero-order valence-corrected chi connectivity index (χ0v) is 15.9. The summed E-state index contributed by atoms with van der Waals surface area (Å²) in [5.41, 5.74) is 2.32. The van der Waals surface area contributed by atoms with Crippen LogP contribution in [-0.4, -0.2) is 23.0 Å². The van der Waals surface area contributed by atoms with Crippen molar-refractivity contribution in [1.82, 2.24) is 9.97 Å². The first-order valence-electron chi connectivity index (χ1n) is 8.25. The van der Waals surface area contributed by atoms with Gasteiger partial charge in [-0.25, -0.2) is 9.97 Å². The van der Waals surface area contributed by atoms with Crippen molar-refractivity contribution >= 4 is 64.9 Å². The lowest BCUT2D eigenvalue weighted by Gasteiger charge is -2.03. The first-order chi connectivity index (χ1) is 13.2. The molecule has 0 radical (unpaired) electrons. The van der Waals surface area contributed by atoms with Gasteiger partial charge in [0.05, 0.1) is 27.5 Å². The molecule has 0 fully saturated rings. The number of carbonyl (C=O) groups excluding carboxylic acids is 1. The molecule has 7 heteroatoms. The Kier molecular flexibility index (Phi) is 3.77. The van der Waals surface area contributed by atoms with Gasteiger partial charge in [0.15, 0.2) is 5.13 Å². The number of rotatable bonds is 3. The molecule has 132 valence electrons. The molecule has 0 atom stereocenters. The summed E-state index contributed by atoms with van der Waals surface area (Å²) in [5.74, 6) is -0.169. The number of anilines is 1. The highest BCUT2D eigenvalue weighted by Crippen LogP contribution is 2.38. The summed E-state index contributed by atoms with van der Waals surface area (Å²) in [6.07, 6.45) is 0. The second-order valence-corrected chi connectivity index (χ2v) is 7.94. The Labute approximate surface area is 162 Å². The maximum absolute atomic E-state index is 12.7. The number of nitrogens with one attached hydrogen (secondary N) is 1. The molecule has 0 saturated heterocycles. The van der Waals surface area contributed by atoms with Crippen molar-refractivity contribution in [2.75, 3.05) is 12.4 Å². The number of ether oxygens (including phenoxy) is 1. The van der Waals surface area contributed by atoms with E-state index in [2.05, 4.69) is 15.3 Å². The SMILES string of the molecule is COc1nc2ccc3nc(NC(=O)c4ccc5ccccc5c4)sc3c2s1. The van der Waals surface area contributed by atoms with Crippen molar-refractivity contribution in [3.8, 4) is 5.19 Å². The Hall–Kier alpha value is -3.03. The van der Waals surface area contributed by atoms with Crippen molar-refractivity contribution < 1.29 is 9.53 Å². The molecule has 3 aromatic carbocycles. The molecule has 0 spiro atoms. The van der Waals surface area contributed by atoms with Gasteiger partial charge in [-0.3, -0.25) is 10.1 Å². The second-order valence-electron chi connectivity index (χ2n) is 5.98. The number of hydrogen-bond acceptors (Lipinski definition) is 6. The fraction of sp³-hybridized carbons (Fsp3) is 0.0500. The predicted octanol–water partition coefficient (Wildman–Crippen LogP) is 5.32. The molecular formula is C20H13N3O2S2. The Bertz CT molecular complexity index is 1320. The van der Waals surface area contributed by atoms with E-state index in [-0.39, 0.29) is 5.91 Å². The van der Waals surface area contributed by atoms with Gasteiger partial charge >= 0.3 is 0 Å². The first-order valence-corrected chi connectivity index (χ1v) is 9.89. The highest BCUT2D eigenvalue weighted by Gasteiger charge is 2.14. The van der Waals surface area contributed by atoms with E-state index in [1.54, 1.807) is 7.11 Å². The number of carbonyl (C=O) groups is 1. The van der Waals surface area contributed by atoms with Crippen LogP contribution >= 0.6 is 22.7 Å². The Morgan fingerprint density at radius 1 is 0.926 bits per heavy atom. The highest BCUT2D eigenvalue weighted by atomic mass is 32.1. The van der Waals surface area contributed by atoms with E-state index < -0.39 is 0 Å². The van der Waals surface area contributed by atoms with E-state index in [0.717, 1.165) is 31.2 Å². The topological polar surface area (TPSA) is 64.1 Å². The number of thiazole rings is 2. The molecule has 2 aromatic heterocycles. The average molecular weight is 391 g/mol. The third-order valence-corrected chi connectivity index (χ3v) is 6.48. The minimum atomic E-state index is -0.169. The quantitative estimate of drug-likeness (QED) is 0.452. The monoisotopic (exact) mass is 391 g/mol. The number of methoxy groups -OCH3 is 1. The van der Waals surface area contributed by atoms with Gasteiger partial charge in [0, 0.05) is 5.56 Å². The molecule has 5 rings (SSSR count). The zero-order chi connectivity index (χ0) is 18.4. The zero-order valence-electron chi connectivity index (χ0n) is 14.2. The number of amides is 1. The van der Waals surface area contributed by atoms with Crippen LogP contribution < -0.4 is 10.1 Å².